The monoisotopic (exact) mass is 542 g/mol. The fourth-order valence-electron chi connectivity index (χ4n) is 4.87. The molecule has 36 heavy (non-hydrogen) atoms. The summed E-state index contributed by atoms with van der Waals surface area (Å²) in [7, 11) is 0. The van der Waals surface area contributed by atoms with E-state index in [0.29, 0.717) is 0 Å². The molecule has 0 aliphatic heterocycles. The Balaban J connectivity index is 2.04. The summed E-state index contributed by atoms with van der Waals surface area (Å²) in [6.45, 7) is 23.2. The van der Waals surface area contributed by atoms with Gasteiger partial charge in [-0.1, -0.05) is 26.8 Å². The maximum absolute atomic E-state index is 2.47. The fraction of sp³-hybridized carbons (Fsp3) is 0.486. The molecule has 0 aliphatic rings. The third-order valence-corrected chi connectivity index (χ3v) is 8.64. The van der Waals surface area contributed by atoms with Gasteiger partial charge in [0.25, 0.3) is 0 Å². The van der Waals surface area contributed by atoms with Gasteiger partial charge in [-0.3, -0.25) is 0 Å². The van der Waals surface area contributed by atoms with Crippen LogP contribution in [0.15, 0.2) is 54.6 Å². The first kappa shape index (κ1) is 28.8. The van der Waals surface area contributed by atoms with Crippen molar-refractivity contribution in [3.8, 4) is 0 Å². The van der Waals surface area contributed by atoms with Gasteiger partial charge in [0.1, 0.15) is 0 Å². The second kappa shape index (κ2) is 10.9. The zero-order chi connectivity index (χ0) is 26.9. The molecule has 0 N–H and O–H groups in total. The van der Waals surface area contributed by atoms with Crippen LogP contribution in [0, 0.1) is 6.92 Å². The van der Waals surface area contributed by atoms with Gasteiger partial charge in [0.05, 0.1) is 0 Å². The number of hydrogen-bond acceptors (Lipinski definition) is 0. The Morgan fingerprint density at radius 2 is 0.806 bits per heavy atom. The van der Waals surface area contributed by atoms with Crippen LogP contribution < -0.4 is 0 Å². The van der Waals surface area contributed by atoms with Gasteiger partial charge in [-0.2, -0.15) is 0 Å². The maximum atomic E-state index is 2.47. The second-order valence-electron chi connectivity index (χ2n) is 13.9. The molecule has 192 valence electrons. The fourth-order valence-corrected chi connectivity index (χ4v) is 6.16. The molecule has 0 fully saturated rings. The molecule has 0 bridgehead atoms. The van der Waals surface area contributed by atoms with Gasteiger partial charge in [-0.25, -0.2) is 0 Å². The molecule has 0 unspecified atom stereocenters. The minimum absolute atomic E-state index is 0.107. The van der Waals surface area contributed by atoms with Gasteiger partial charge in [-0.05, 0) is 12.3 Å². The first-order valence-corrected chi connectivity index (χ1v) is 17.1. The summed E-state index contributed by atoms with van der Waals surface area (Å²) in [4.78, 5) is 0. The van der Waals surface area contributed by atoms with Crippen molar-refractivity contribution in [2.45, 2.75) is 109 Å². The predicted molar refractivity (Wildman–Crippen MR) is 161 cm³/mol. The molecule has 0 atom stereocenters. The quantitative estimate of drug-likeness (QED) is 0.273. The van der Waals surface area contributed by atoms with E-state index in [9.17, 15) is 0 Å². The summed E-state index contributed by atoms with van der Waals surface area (Å²) < 4.78 is 0. The first-order valence-electron chi connectivity index (χ1n) is 13.6. The van der Waals surface area contributed by atoms with Gasteiger partial charge in [0, 0.05) is 0 Å². The molecule has 3 rings (SSSR count). The van der Waals surface area contributed by atoms with E-state index in [1.54, 1.807) is 0 Å². The summed E-state index contributed by atoms with van der Waals surface area (Å²) in [6, 6.07) is 21.9. The molecular weight excluding hydrogens is 493 g/mol. The number of aryl methyl sites for hydroxylation is 1. The molecule has 1 heteroatoms. The molecule has 0 amide bonds. The van der Waals surface area contributed by atoms with Crippen LogP contribution in [0.4, 0.5) is 0 Å². The molecule has 0 nitrogen and oxygen atoms in total. The van der Waals surface area contributed by atoms with Crippen molar-refractivity contribution in [3.05, 3.63) is 105 Å². The average Bonchev–Trinajstić information content (AvgIpc) is 2.71. The zero-order valence-electron chi connectivity index (χ0n) is 24.8. The average molecular weight is 541 g/mol. The van der Waals surface area contributed by atoms with Crippen LogP contribution in [0.5, 0.6) is 0 Å². The molecule has 0 saturated carbocycles. The molecule has 3 aromatic rings. The van der Waals surface area contributed by atoms with Crippen molar-refractivity contribution < 1.29 is 0 Å². The Bertz CT molecular complexity index is 1190. The Morgan fingerprint density at radius 1 is 0.472 bits per heavy atom. The van der Waals surface area contributed by atoms with Crippen LogP contribution in [0.25, 0.3) is 0 Å². The molecule has 0 saturated heterocycles. The van der Waals surface area contributed by atoms with E-state index in [2.05, 4.69) is 130 Å². The van der Waals surface area contributed by atoms with E-state index in [-0.39, 0.29) is 31.7 Å². The zero-order valence-corrected chi connectivity index (χ0v) is 26.9. The van der Waals surface area contributed by atoms with Gasteiger partial charge >= 0.3 is 190 Å². The third kappa shape index (κ3) is 7.85. The van der Waals surface area contributed by atoms with Crippen molar-refractivity contribution in [3.63, 3.8) is 0 Å². The minimum atomic E-state index is 0.107. The Kier molecular flexibility index (Phi) is 8.71. The van der Waals surface area contributed by atoms with Crippen LogP contribution >= 0.6 is 0 Å². The second-order valence-corrected chi connectivity index (χ2v) is 16.1. The molecule has 0 heterocycles. The Hall–Kier alpha value is -1.80. The first-order chi connectivity index (χ1) is 16.5. The van der Waals surface area contributed by atoms with E-state index < -0.39 is 0 Å². The van der Waals surface area contributed by atoms with Crippen molar-refractivity contribution in [1.82, 2.24) is 0 Å². The van der Waals surface area contributed by atoms with Crippen LogP contribution in [0.3, 0.4) is 0 Å². The molecular formula is C35H48Ge. The van der Waals surface area contributed by atoms with Gasteiger partial charge in [0.15, 0.2) is 0 Å². The summed E-state index contributed by atoms with van der Waals surface area (Å²) in [6.07, 6.45) is 1.98. The number of hydrogen-bond donors (Lipinski definition) is 0. The van der Waals surface area contributed by atoms with Crippen molar-refractivity contribution in [2.75, 3.05) is 0 Å². The molecule has 0 aliphatic carbocycles. The van der Waals surface area contributed by atoms with Crippen LogP contribution in [0.1, 0.15) is 112 Å². The van der Waals surface area contributed by atoms with E-state index in [4.69, 9.17) is 0 Å². The summed E-state index contributed by atoms with van der Waals surface area (Å²) >= 11 is 0.107. The summed E-state index contributed by atoms with van der Waals surface area (Å²) in [5, 5.41) is 1.27. The molecule has 2 radical (unpaired) electrons. The van der Waals surface area contributed by atoms with E-state index >= 15 is 0 Å². The van der Waals surface area contributed by atoms with Crippen molar-refractivity contribution in [2.24, 2.45) is 0 Å². The molecule has 0 spiro atoms. The van der Waals surface area contributed by atoms with E-state index in [0.717, 1.165) is 12.8 Å². The van der Waals surface area contributed by atoms with Crippen LogP contribution in [-0.4, -0.2) is 15.4 Å². The third-order valence-electron chi connectivity index (χ3n) is 7.04. The summed E-state index contributed by atoms with van der Waals surface area (Å²) in [5.74, 6) is 2.40. The Morgan fingerprint density at radius 3 is 1.19 bits per heavy atom. The molecule has 0 aromatic heterocycles. The number of rotatable bonds is 6. The van der Waals surface area contributed by atoms with Crippen molar-refractivity contribution >= 4 is 15.4 Å². The van der Waals surface area contributed by atoms with Crippen LogP contribution in [0.2, 0.25) is 5.76 Å². The van der Waals surface area contributed by atoms with Gasteiger partial charge in [-0.15, -0.1) is 0 Å². The topological polar surface area (TPSA) is 0 Å². The van der Waals surface area contributed by atoms with E-state index in [1.807, 2.05) is 0 Å². The van der Waals surface area contributed by atoms with Gasteiger partial charge < -0.3 is 0 Å². The normalized spacial score (nSPS) is 12.8. The van der Waals surface area contributed by atoms with Crippen LogP contribution in [-0.2, 0) is 34.3 Å². The van der Waals surface area contributed by atoms with Crippen molar-refractivity contribution in [1.29, 1.82) is 0 Å². The summed E-state index contributed by atoms with van der Waals surface area (Å²) in [5.41, 5.74) is 13.4. The Labute approximate surface area is 228 Å². The SMILES string of the molecule is [CH3][Ge][CH2]c1cc(Cc2cc(Cc3cc(C)cc(C(C)(C)C)c3)cc(C(C)(C)C)c2)cc(C(C)(C)C)c1. The predicted octanol–water partition coefficient (Wildman–Crippen LogP) is 9.32. The van der Waals surface area contributed by atoms with Gasteiger partial charge in [0.2, 0.25) is 0 Å². The molecule has 3 aromatic carbocycles. The van der Waals surface area contributed by atoms with E-state index in [1.165, 1.54) is 55.3 Å². The number of benzene rings is 3. The standard InChI is InChI=1S/C35H48Ge/c1-24-12-25(18-30(13-24)33(2,3)4)14-26-15-27(20-31(19-26)34(5,6)7)16-28-17-29(23-36-11)22-32(21-28)35(8,9)10/h12-13,15,17-22H,14,16,23H2,1-11H3.